The Morgan fingerprint density at radius 3 is 3.00 bits per heavy atom. The van der Waals surface area contributed by atoms with Crippen molar-refractivity contribution < 1.29 is 4.79 Å². The molecule has 2 rings (SSSR count). The number of aryl methyl sites for hydroxylation is 1. The maximum absolute atomic E-state index is 11.5. The van der Waals surface area contributed by atoms with E-state index in [4.69, 9.17) is 0 Å². The van der Waals surface area contributed by atoms with Gasteiger partial charge in [-0.25, -0.2) is 0 Å². The average Bonchev–Trinajstić information content (AvgIpc) is 2.44. The van der Waals surface area contributed by atoms with Crippen molar-refractivity contribution >= 4 is 11.6 Å². The van der Waals surface area contributed by atoms with Gasteiger partial charge in [0.2, 0.25) is 5.91 Å². The van der Waals surface area contributed by atoms with Gasteiger partial charge >= 0.3 is 0 Å². The van der Waals surface area contributed by atoms with Crippen LogP contribution in [0.4, 0.5) is 5.69 Å². The average molecular weight is 193 g/mol. The monoisotopic (exact) mass is 193 g/mol. The SMILES string of the molecule is Cn1cc(NC(=O)CC2CCC2)cn1. The molecule has 1 saturated carbocycles. The van der Waals surface area contributed by atoms with Crippen molar-refractivity contribution in [1.29, 1.82) is 0 Å². The van der Waals surface area contributed by atoms with Crippen molar-refractivity contribution in [3.05, 3.63) is 12.4 Å². The van der Waals surface area contributed by atoms with Crippen LogP contribution in [-0.4, -0.2) is 15.7 Å². The molecule has 1 amide bonds. The van der Waals surface area contributed by atoms with Crippen LogP contribution in [0, 0.1) is 5.92 Å². The van der Waals surface area contributed by atoms with Crippen molar-refractivity contribution in [2.45, 2.75) is 25.7 Å². The van der Waals surface area contributed by atoms with Gasteiger partial charge in [0.1, 0.15) is 0 Å². The molecule has 1 aliphatic rings. The molecule has 1 fully saturated rings. The van der Waals surface area contributed by atoms with Gasteiger partial charge in [0, 0.05) is 19.7 Å². The topological polar surface area (TPSA) is 46.9 Å². The maximum atomic E-state index is 11.5. The number of aromatic nitrogens is 2. The zero-order valence-electron chi connectivity index (χ0n) is 8.36. The number of nitrogens with zero attached hydrogens (tertiary/aromatic N) is 2. The number of carbonyl (C=O) groups is 1. The van der Waals surface area contributed by atoms with Crippen LogP contribution in [0.1, 0.15) is 25.7 Å². The second-order valence-electron chi connectivity index (χ2n) is 3.95. The molecule has 1 aromatic rings. The third-order valence-electron chi connectivity index (χ3n) is 2.69. The number of nitrogens with one attached hydrogen (secondary N) is 1. The summed E-state index contributed by atoms with van der Waals surface area (Å²) in [5.74, 6) is 0.731. The summed E-state index contributed by atoms with van der Waals surface area (Å²) in [5, 5.41) is 6.82. The van der Waals surface area contributed by atoms with Gasteiger partial charge in [-0.3, -0.25) is 9.48 Å². The minimum Gasteiger partial charge on any atom is -0.323 e. The molecule has 4 nitrogen and oxygen atoms in total. The van der Waals surface area contributed by atoms with E-state index in [9.17, 15) is 4.79 Å². The zero-order valence-corrected chi connectivity index (χ0v) is 8.36. The molecule has 0 unspecified atom stereocenters. The molecule has 0 aromatic carbocycles. The van der Waals surface area contributed by atoms with Crippen molar-refractivity contribution in [3.8, 4) is 0 Å². The first-order valence-corrected chi connectivity index (χ1v) is 5.02. The van der Waals surface area contributed by atoms with E-state index in [1.807, 2.05) is 7.05 Å². The van der Waals surface area contributed by atoms with Gasteiger partial charge in [-0.05, 0) is 18.8 Å². The van der Waals surface area contributed by atoms with Gasteiger partial charge < -0.3 is 5.32 Å². The van der Waals surface area contributed by atoms with Gasteiger partial charge in [-0.1, -0.05) is 6.42 Å². The lowest BCUT2D eigenvalue weighted by molar-refractivity contribution is -0.117. The molecular weight excluding hydrogens is 178 g/mol. The highest BCUT2D eigenvalue weighted by Crippen LogP contribution is 2.29. The molecule has 0 saturated heterocycles. The van der Waals surface area contributed by atoms with Crippen molar-refractivity contribution in [2.75, 3.05) is 5.32 Å². The fourth-order valence-electron chi connectivity index (χ4n) is 1.66. The Hall–Kier alpha value is -1.32. The van der Waals surface area contributed by atoms with Crippen molar-refractivity contribution in [3.63, 3.8) is 0 Å². The highest BCUT2D eigenvalue weighted by molar-refractivity contribution is 5.90. The summed E-state index contributed by atoms with van der Waals surface area (Å²) in [7, 11) is 1.83. The Balaban J connectivity index is 1.81. The van der Waals surface area contributed by atoms with Gasteiger partial charge in [-0.2, -0.15) is 5.10 Å². The lowest BCUT2D eigenvalue weighted by Gasteiger charge is -2.24. The fourth-order valence-corrected chi connectivity index (χ4v) is 1.66. The predicted molar refractivity (Wildman–Crippen MR) is 53.8 cm³/mol. The van der Waals surface area contributed by atoms with Crippen LogP contribution in [0.2, 0.25) is 0 Å². The minimum absolute atomic E-state index is 0.114. The summed E-state index contributed by atoms with van der Waals surface area (Å²) < 4.78 is 1.68. The molecule has 0 atom stereocenters. The van der Waals surface area contributed by atoms with E-state index in [2.05, 4.69) is 10.4 Å². The van der Waals surface area contributed by atoms with Crippen LogP contribution in [0.5, 0.6) is 0 Å². The first-order chi connectivity index (χ1) is 6.74. The molecule has 4 heteroatoms. The predicted octanol–water partition coefficient (Wildman–Crippen LogP) is 1.55. The Morgan fingerprint density at radius 1 is 1.71 bits per heavy atom. The van der Waals surface area contributed by atoms with Crippen molar-refractivity contribution in [1.82, 2.24) is 9.78 Å². The van der Waals surface area contributed by atoms with E-state index in [-0.39, 0.29) is 5.91 Å². The number of anilines is 1. The highest BCUT2D eigenvalue weighted by Gasteiger charge is 2.20. The summed E-state index contributed by atoms with van der Waals surface area (Å²) in [6.45, 7) is 0. The van der Waals surface area contributed by atoms with E-state index in [0.717, 1.165) is 5.69 Å². The summed E-state index contributed by atoms with van der Waals surface area (Å²) in [5.41, 5.74) is 0.789. The molecular formula is C10H15N3O. The lowest BCUT2D eigenvalue weighted by atomic mass is 9.83. The molecule has 1 heterocycles. The zero-order chi connectivity index (χ0) is 9.97. The van der Waals surface area contributed by atoms with E-state index in [1.165, 1.54) is 19.3 Å². The minimum atomic E-state index is 0.114. The number of hydrogen-bond acceptors (Lipinski definition) is 2. The first kappa shape index (κ1) is 9.24. The van der Waals surface area contributed by atoms with Gasteiger partial charge in [-0.15, -0.1) is 0 Å². The number of rotatable bonds is 3. The molecule has 0 aliphatic heterocycles. The second kappa shape index (κ2) is 3.82. The largest absolute Gasteiger partial charge is 0.323 e. The van der Waals surface area contributed by atoms with Crippen LogP contribution >= 0.6 is 0 Å². The highest BCUT2D eigenvalue weighted by atomic mass is 16.1. The van der Waals surface area contributed by atoms with E-state index >= 15 is 0 Å². The fraction of sp³-hybridized carbons (Fsp3) is 0.600. The summed E-state index contributed by atoms with van der Waals surface area (Å²) in [6, 6.07) is 0. The quantitative estimate of drug-likeness (QED) is 0.791. The van der Waals surface area contributed by atoms with Crippen LogP contribution in [0.25, 0.3) is 0 Å². The number of carbonyl (C=O) groups excluding carboxylic acids is 1. The van der Waals surface area contributed by atoms with E-state index < -0.39 is 0 Å². The Morgan fingerprint density at radius 2 is 2.50 bits per heavy atom. The van der Waals surface area contributed by atoms with Gasteiger partial charge in [0.25, 0.3) is 0 Å². The molecule has 1 aromatic heterocycles. The third-order valence-corrected chi connectivity index (χ3v) is 2.69. The summed E-state index contributed by atoms with van der Waals surface area (Å²) in [4.78, 5) is 11.5. The molecule has 1 aliphatic carbocycles. The van der Waals surface area contributed by atoms with Crippen LogP contribution < -0.4 is 5.32 Å². The first-order valence-electron chi connectivity index (χ1n) is 5.02. The summed E-state index contributed by atoms with van der Waals surface area (Å²) >= 11 is 0. The summed E-state index contributed by atoms with van der Waals surface area (Å²) in [6.07, 6.45) is 7.83. The molecule has 0 radical (unpaired) electrons. The van der Waals surface area contributed by atoms with E-state index in [0.29, 0.717) is 12.3 Å². The number of amides is 1. The second-order valence-corrected chi connectivity index (χ2v) is 3.95. The van der Waals surface area contributed by atoms with Crippen LogP contribution in [0.15, 0.2) is 12.4 Å². The number of hydrogen-bond donors (Lipinski definition) is 1. The van der Waals surface area contributed by atoms with Crippen LogP contribution in [0.3, 0.4) is 0 Å². The molecule has 0 spiro atoms. The van der Waals surface area contributed by atoms with Gasteiger partial charge in [0.05, 0.1) is 11.9 Å². The molecule has 76 valence electrons. The molecule has 1 N–H and O–H groups in total. The Kier molecular flexibility index (Phi) is 2.52. The van der Waals surface area contributed by atoms with Crippen LogP contribution in [-0.2, 0) is 11.8 Å². The van der Waals surface area contributed by atoms with E-state index in [1.54, 1.807) is 17.1 Å². The van der Waals surface area contributed by atoms with Gasteiger partial charge in [0.15, 0.2) is 0 Å². The lowest BCUT2D eigenvalue weighted by Crippen LogP contribution is -2.20. The third kappa shape index (κ3) is 2.13. The Labute approximate surface area is 83.3 Å². The smallest absolute Gasteiger partial charge is 0.224 e. The van der Waals surface area contributed by atoms with Crippen molar-refractivity contribution in [2.24, 2.45) is 13.0 Å². The standard InChI is InChI=1S/C10H15N3O/c1-13-7-9(6-11-13)12-10(14)5-8-3-2-4-8/h6-8H,2-5H2,1H3,(H,12,14). The maximum Gasteiger partial charge on any atom is 0.224 e. The normalized spacial score (nSPS) is 16.4. The Bertz CT molecular complexity index is 328. The molecule has 0 bridgehead atoms. The molecule has 14 heavy (non-hydrogen) atoms.